The molecule has 0 radical (unpaired) electrons. The van der Waals surface area contributed by atoms with Gasteiger partial charge in [-0.15, -0.1) is 0 Å². The Bertz CT molecular complexity index is 396. The van der Waals surface area contributed by atoms with Gasteiger partial charge in [0.2, 0.25) is 0 Å². The van der Waals surface area contributed by atoms with E-state index in [1.165, 1.54) is 7.11 Å². The first-order chi connectivity index (χ1) is 8.92. The van der Waals surface area contributed by atoms with Crippen molar-refractivity contribution in [1.29, 1.82) is 0 Å². The predicted octanol–water partition coefficient (Wildman–Crippen LogP) is 2.63. The SMILES string of the molecule is COc1ccc(OCCCOCC(F)(F)F)c(N)c1. The minimum Gasteiger partial charge on any atom is -0.497 e. The van der Waals surface area contributed by atoms with Crippen LogP contribution in [0.2, 0.25) is 0 Å². The molecular weight excluding hydrogens is 263 g/mol. The van der Waals surface area contributed by atoms with Crippen LogP contribution in [0.3, 0.4) is 0 Å². The van der Waals surface area contributed by atoms with Crippen LogP contribution in [0, 0.1) is 0 Å². The van der Waals surface area contributed by atoms with Crippen LogP contribution in [0.15, 0.2) is 18.2 Å². The first-order valence-corrected chi connectivity index (χ1v) is 5.63. The molecular formula is C12H16F3NO3. The van der Waals surface area contributed by atoms with Gasteiger partial charge in [0.05, 0.1) is 26.0 Å². The highest BCUT2D eigenvalue weighted by molar-refractivity contribution is 5.56. The molecule has 0 heterocycles. The van der Waals surface area contributed by atoms with Crippen molar-refractivity contribution in [2.45, 2.75) is 12.6 Å². The highest BCUT2D eigenvalue weighted by Gasteiger charge is 2.27. The largest absolute Gasteiger partial charge is 0.497 e. The zero-order chi connectivity index (χ0) is 14.3. The monoisotopic (exact) mass is 279 g/mol. The van der Waals surface area contributed by atoms with E-state index in [0.29, 0.717) is 23.6 Å². The number of benzene rings is 1. The maximum Gasteiger partial charge on any atom is 0.411 e. The molecule has 0 aromatic heterocycles. The third kappa shape index (κ3) is 6.19. The predicted molar refractivity (Wildman–Crippen MR) is 64.4 cm³/mol. The van der Waals surface area contributed by atoms with Crippen molar-refractivity contribution in [1.82, 2.24) is 0 Å². The molecule has 0 atom stereocenters. The van der Waals surface area contributed by atoms with Gasteiger partial charge in [0.25, 0.3) is 0 Å². The van der Waals surface area contributed by atoms with Gasteiger partial charge in [0.1, 0.15) is 18.1 Å². The van der Waals surface area contributed by atoms with Crippen molar-refractivity contribution < 1.29 is 27.4 Å². The Morgan fingerprint density at radius 3 is 2.53 bits per heavy atom. The van der Waals surface area contributed by atoms with Crippen molar-refractivity contribution in [2.24, 2.45) is 0 Å². The lowest BCUT2D eigenvalue weighted by molar-refractivity contribution is -0.174. The Kier molecular flexibility index (Phi) is 5.75. The van der Waals surface area contributed by atoms with Crippen LogP contribution in [-0.2, 0) is 4.74 Å². The molecule has 0 aliphatic heterocycles. The molecule has 0 amide bonds. The second kappa shape index (κ2) is 7.08. The standard InChI is InChI=1S/C12H16F3NO3/c1-17-9-3-4-11(10(16)7-9)19-6-2-5-18-8-12(13,14)15/h3-4,7H,2,5-6,8,16H2,1H3. The number of hydrogen-bond acceptors (Lipinski definition) is 4. The third-order valence-corrected chi connectivity index (χ3v) is 2.17. The molecule has 0 bridgehead atoms. The van der Waals surface area contributed by atoms with Gasteiger partial charge in [0.15, 0.2) is 0 Å². The van der Waals surface area contributed by atoms with E-state index in [4.69, 9.17) is 15.2 Å². The van der Waals surface area contributed by atoms with Gasteiger partial charge in [-0.25, -0.2) is 0 Å². The number of nitrogen functional groups attached to an aromatic ring is 1. The van der Waals surface area contributed by atoms with Gasteiger partial charge in [-0.2, -0.15) is 13.2 Å². The van der Waals surface area contributed by atoms with E-state index in [0.717, 1.165) is 0 Å². The highest BCUT2D eigenvalue weighted by atomic mass is 19.4. The number of methoxy groups -OCH3 is 1. The Hall–Kier alpha value is -1.63. The lowest BCUT2D eigenvalue weighted by atomic mass is 10.3. The molecule has 0 saturated heterocycles. The Balaban J connectivity index is 2.23. The Morgan fingerprint density at radius 2 is 1.95 bits per heavy atom. The Morgan fingerprint density at radius 1 is 1.21 bits per heavy atom. The number of anilines is 1. The van der Waals surface area contributed by atoms with Crippen molar-refractivity contribution in [2.75, 3.05) is 32.7 Å². The van der Waals surface area contributed by atoms with Gasteiger partial charge < -0.3 is 19.9 Å². The molecule has 1 rings (SSSR count). The van der Waals surface area contributed by atoms with Crippen LogP contribution < -0.4 is 15.2 Å². The van der Waals surface area contributed by atoms with Gasteiger partial charge in [-0.1, -0.05) is 0 Å². The molecule has 0 fully saturated rings. The summed E-state index contributed by atoms with van der Waals surface area (Å²) >= 11 is 0. The van der Waals surface area contributed by atoms with Crippen LogP contribution in [0.25, 0.3) is 0 Å². The highest BCUT2D eigenvalue weighted by Crippen LogP contribution is 2.26. The average molecular weight is 279 g/mol. The summed E-state index contributed by atoms with van der Waals surface area (Å²) in [6, 6.07) is 4.94. The molecule has 0 aliphatic carbocycles. The van der Waals surface area contributed by atoms with Gasteiger partial charge in [0, 0.05) is 12.5 Å². The average Bonchev–Trinajstić information content (AvgIpc) is 2.33. The number of alkyl halides is 3. The summed E-state index contributed by atoms with van der Waals surface area (Å²) < 4.78 is 50.1. The van der Waals surface area contributed by atoms with E-state index in [1.807, 2.05) is 0 Å². The minimum atomic E-state index is -4.29. The molecule has 1 aromatic carbocycles. The first kappa shape index (κ1) is 15.4. The van der Waals surface area contributed by atoms with Crippen LogP contribution in [0.1, 0.15) is 6.42 Å². The molecule has 7 heteroatoms. The number of nitrogens with two attached hydrogens (primary N) is 1. The van der Waals surface area contributed by atoms with Gasteiger partial charge in [-0.3, -0.25) is 0 Å². The molecule has 0 aliphatic rings. The fraction of sp³-hybridized carbons (Fsp3) is 0.500. The molecule has 19 heavy (non-hydrogen) atoms. The summed E-state index contributed by atoms with van der Waals surface area (Å²) in [7, 11) is 1.52. The fourth-order valence-electron chi connectivity index (χ4n) is 1.32. The van der Waals surface area contributed by atoms with Crippen molar-refractivity contribution in [3.63, 3.8) is 0 Å². The van der Waals surface area contributed by atoms with Crippen LogP contribution in [0.5, 0.6) is 11.5 Å². The first-order valence-electron chi connectivity index (χ1n) is 5.63. The summed E-state index contributed by atoms with van der Waals surface area (Å²) in [4.78, 5) is 0. The zero-order valence-corrected chi connectivity index (χ0v) is 10.5. The normalized spacial score (nSPS) is 11.4. The molecule has 2 N–H and O–H groups in total. The van der Waals surface area contributed by atoms with Gasteiger partial charge >= 0.3 is 6.18 Å². The van der Waals surface area contributed by atoms with Gasteiger partial charge in [-0.05, 0) is 12.1 Å². The molecule has 0 unspecified atom stereocenters. The lowest BCUT2D eigenvalue weighted by Crippen LogP contribution is -2.18. The quantitative estimate of drug-likeness (QED) is 0.616. The number of hydrogen-bond donors (Lipinski definition) is 1. The molecule has 0 saturated carbocycles. The van der Waals surface area contributed by atoms with E-state index in [9.17, 15) is 13.2 Å². The van der Waals surface area contributed by atoms with Crippen molar-refractivity contribution in [3.05, 3.63) is 18.2 Å². The summed E-state index contributed by atoms with van der Waals surface area (Å²) in [6.07, 6.45) is -3.94. The zero-order valence-electron chi connectivity index (χ0n) is 10.5. The third-order valence-electron chi connectivity index (χ3n) is 2.17. The summed E-state index contributed by atoms with van der Waals surface area (Å²) in [5.74, 6) is 1.08. The maximum atomic E-state index is 11.8. The van der Waals surface area contributed by atoms with E-state index >= 15 is 0 Å². The topological polar surface area (TPSA) is 53.7 Å². The summed E-state index contributed by atoms with van der Waals surface area (Å²) in [5, 5.41) is 0. The smallest absolute Gasteiger partial charge is 0.411 e. The fourth-order valence-corrected chi connectivity index (χ4v) is 1.32. The van der Waals surface area contributed by atoms with E-state index in [2.05, 4.69) is 4.74 Å². The van der Waals surface area contributed by atoms with Crippen LogP contribution in [-0.4, -0.2) is 33.1 Å². The summed E-state index contributed by atoms with van der Waals surface area (Å²) in [6.45, 7) is -1.03. The molecule has 1 aromatic rings. The van der Waals surface area contributed by atoms with Crippen LogP contribution in [0.4, 0.5) is 18.9 Å². The maximum absolute atomic E-state index is 11.8. The number of ether oxygens (including phenoxy) is 3. The summed E-state index contributed by atoms with van der Waals surface area (Å²) in [5.41, 5.74) is 6.12. The number of rotatable bonds is 7. The number of halogens is 3. The molecule has 108 valence electrons. The van der Waals surface area contributed by atoms with E-state index in [-0.39, 0.29) is 13.2 Å². The Labute approximate surface area is 109 Å². The van der Waals surface area contributed by atoms with E-state index in [1.54, 1.807) is 18.2 Å². The minimum absolute atomic E-state index is 0.0183. The molecule has 4 nitrogen and oxygen atoms in total. The van der Waals surface area contributed by atoms with E-state index < -0.39 is 12.8 Å². The van der Waals surface area contributed by atoms with Crippen molar-refractivity contribution >= 4 is 5.69 Å². The lowest BCUT2D eigenvalue weighted by Gasteiger charge is -2.11. The van der Waals surface area contributed by atoms with Crippen LogP contribution >= 0.6 is 0 Å². The second-order valence-corrected chi connectivity index (χ2v) is 3.77. The molecule has 0 spiro atoms. The van der Waals surface area contributed by atoms with Crippen molar-refractivity contribution in [3.8, 4) is 11.5 Å². The second-order valence-electron chi connectivity index (χ2n) is 3.77.